The van der Waals surface area contributed by atoms with Crippen molar-refractivity contribution >= 4 is 47.0 Å². The Hall–Kier alpha value is 0.580. The van der Waals surface area contributed by atoms with Crippen molar-refractivity contribution in [3.8, 4) is 0 Å². The Labute approximate surface area is 96.3 Å². The molecule has 0 aliphatic carbocycles. The maximum atomic E-state index is 4.10. The van der Waals surface area contributed by atoms with Gasteiger partial charge in [0.05, 0.1) is 0 Å². The van der Waals surface area contributed by atoms with Gasteiger partial charge in [0.2, 0.25) is 0 Å². The lowest BCUT2D eigenvalue weighted by molar-refractivity contribution is 1.25. The predicted octanol–water partition coefficient (Wildman–Crippen LogP) is 3.07. The number of rotatable bonds is 4. The van der Waals surface area contributed by atoms with Crippen molar-refractivity contribution in [1.82, 2.24) is 4.98 Å². The highest BCUT2D eigenvalue weighted by molar-refractivity contribution is 14.1. The number of alkyl halides is 1. The molecule has 1 nitrogen and oxygen atoms in total. The van der Waals surface area contributed by atoms with E-state index in [0.29, 0.717) is 3.92 Å². The van der Waals surface area contributed by atoms with Crippen LogP contribution in [0.15, 0.2) is 29.4 Å². The average molecular weight is 310 g/mol. The normalized spacial score (nSPS) is 12.8. The zero-order valence-electron chi connectivity index (χ0n) is 6.35. The Kier molecular flexibility index (Phi) is 5.42. The van der Waals surface area contributed by atoms with Crippen molar-refractivity contribution in [1.29, 1.82) is 0 Å². The minimum absolute atomic E-state index is 0.518. The largest absolute Gasteiger partial charge is 0.265 e. The number of halogens is 1. The summed E-state index contributed by atoms with van der Waals surface area (Å²) in [6.45, 7) is 0. The van der Waals surface area contributed by atoms with Crippen LogP contribution in [-0.4, -0.2) is 14.7 Å². The van der Waals surface area contributed by atoms with Crippen molar-refractivity contribution in [3.63, 3.8) is 0 Å². The van der Waals surface area contributed by atoms with Crippen molar-refractivity contribution in [2.45, 2.75) is 8.82 Å². The molecule has 1 heterocycles. The van der Waals surface area contributed by atoms with Crippen molar-refractivity contribution in [2.24, 2.45) is 0 Å². The Bertz CT molecular complexity index is 218. The van der Waals surface area contributed by atoms with Crippen LogP contribution in [0.2, 0.25) is 0 Å². The molecule has 0 saturated heterocycles. The van der Waals surface area contributed by atoms with Crippen molar-refractivity contribution in [2.75, 3.05) is 5.75 Å². The van der Waals surface area contributed by atoms with E-state index in [1.807, 2.05) is 42.0 Å². The van der Waals surface area contributed by atoms with Crippen LogP contribution in [0.1, 0.15) is 0 Å². The van der Waals surface area contributed by atoms with Gasteiger partial charge in [0.25, 0.3) is 0 Å². The summed E-state index contributed by atoms with van der Waals surface area (Å²) in [4.78, 5) is 5.22. The van der Waals surface area contributed by atoms with E-state index < -0.39 is 0 Å². The van der Waals surface area contributed by atoms with Gasteiger partial charge in [0, 0.05) is 32.7 Å². The van der Waals surface area contributed by atoms with E-state index >= 15 is 0 Å². The number of pyridine rings is 1. The Morgan fingerprint density at radius 2 is 2.25 bits per heavy atom. The smallest absolute Gasteiger partial charge is 0.0331 e. The minimum Gasteiger partial charge on any atom is -0.265 e. The molecule has 4 heteroatoms. The van der Waals surface area contributed by atoms with E-state index in [-0.39, 0.29) is 0 Å². The average Bonchev–Trinajstić information content (AvgIpc) is 2.16. The molecule has 1 unspecified atom stereocenters. The second-order valence-electron chi connectivity index (χ2n) is 2.16. The molecule has 65 valence electrons. The van der Waals surface area contributed by atoms with Crippen LogP contribution in [0.3, 0.4) is 0 Å². The first-order valence-corrected chi connectivity index (χ1v) is 6.22. The van der Waals surface area contributed by atoms with Gasteiger partial charge in [-0.15, -0.1) is 11.8 Å². The van der Waals surface area contributed by atoms with Crippen molar-refractivity contribution in [3.05, 3.63) is 30.3 Å². The van der Waals surface area contributed by atoms with Crippen LogP contribution < -0.4 is 0 Å². The molecule has 0 saturated carbocycles. The van der Waals surface area contributed by atoms with E-state index in [0.717, 1.165) is 5.75 Å². The fourth-order valence-electron chi connectivity index (χ4n) is 0.653. The molecule has 12 heavy (non-hydrogen) atoms. The molecule has 0 aromatic carbocycles. The highest BCUT2D eigenvalue weighted by Gasteiger charge is 2.01. The number of thioether (sulfide) groups is 1. The van der Waals surface area contributed by atoms with Gasteiger partial charge in [0.15, 0.2) is 0 Å². The van der Waals surface area contributed by atoms with Crippen LogP contribution in [0.4, 0.5) is 0 Å². The van der Waals surface area contributed by atoms with Gasteiger partial charge < -0.3 is 0 Å². The summed E-state index contributed by atoms with van der Waals surface area (Å²) in [6.07, 6.45) is 3.63. The van der Waals surface area contributed by atoms with Gasteiger partial charge in [0.1, 0.15) is 0 Å². The predicted molar refractivity (Wildman–Crippen MR) is 66.1 cm³/mol. The zero-order chi connectivity index (χ0) is 8.81. The van der Waals surface area contributed by atoms with Gasteiger partial charge in [-0.1, -0.05) is 22.6 Å². The number of thiol groups is 1. The van der Waals surface area contributed by atoms with Crippen LogP contribution in [0, 0.1) is 5.75 Å². The third kappa shape index (κ3) is 4.00. The van der Waals surface area contributed by atoms with Gasteiger partial charge in [-0.2, -0.15) is 12.6 Å². The second-order valence-corrected chi connectivity index (χ2v) is 5.15. The molecule has 0 bridgehead atoms. The summed E-state index contributed by atoms with van der Waals surface area (Å²) < 4.78 is 0.518. The van der Waals surface area contributed by atoms with E-state index in [2.05, 4.69) is 40.2 Å². The summed E-state index contributed by atoms with van der Waals surface area (Å²) in [5.41, 5.74) is 0. The maximum Gasteiger partial charge on any atom is 0.0331 e. The molecule has 1 aromatic rings. The molecule has 1 radical (unpaired) electrons. The fourth-order valence-corrected chi connectivity index (χ4v) is 2.20. The number of aromatic nitrogens is 1. The van der Waals surface area contributed by atoms with Gasteiger partial charge in [-0.05, 0) is 12.1 Å². The monoisotopic (exact) mass is 310 g/mol. The van der Waals surface area contributed by atoms with Crippen LogP contribution in [0.5, 0.6) is 0 Å². The third-order valence-corrected chi connectivity index (χ3v) is 4.68. The highest BCUT2D eigenvalue weighted by atomic mass is 127. The van der Waals surface area contributed by atoms with Gasteiger partial charge in [-0.3, -0.25) is 4.98 Å². The maximum absolute atomic E-state index is 4.10. The minimum atomic E-state index is 0.518. The van der Waals surface area contributed by atoms with Crippen molar-refractivity contribution < 1.29 is 0 Å². The molecule has 1 aromatic heterocycles. The Morgan fingerprint density at radius 3 is 2.83 bits per heavy atom. The molecule has 0 fully saturated rings. The van der Waals surface area contributed by atoms with E-state index in [4.69, 9.17) is 0 Å². The first-order chi connectivity index (χ1) is 5.83. The molecule has 0 N–H and O–H groups in total. The Morgan fingerprint density at radius 1 is 1.58 bits per heavy atom. The molecular weight excluding hydrogens is 301 g/mol. The summed E-state index contributed by atoms with van der Waals surface area (Å²) in [7, 11) is 0. The lowest BCUT2D eigenvalue weighted by Gasteiger charge is -2.04. The molecule has 1 atom stereocenters. The summed E-state index contributed by atoms with van der Waals surface area (Å²) in [5, 5.41) is 0. The van der Waals surface area contributed by atoms with E-state index in [1.54, 1.807) is 0 Å². The van der Waals surface area contributed by atoms with Gasteiger partial charge >= 0.3 is 0 Å². The van der Waals surface area contributed by atoms with Crippen LogP contribution in [-0.2, 0) is 0 Å². The van der Waals surface area contributed by atoms with E-state index in [9.17, 15) is 0 Å². The summed E-state index contributed by atoms with van der Waals surface area (Å²) in [5.74, 6) is 2.98. The van der Waals surface area contributed by atoms with Gasteiger partial charge in [-0.25, -0.2) is 0 Å². The topological polar surface area (TPSA) is 12.9 Å². The molecule has 0 amide bonds. The van der Waals surface area contributed by atoms with Crippen LogP contribution >= 0.6 is 47.0 Å². The Balaban J connectivity index is 2.33. The molecule has 0 spiro atoms. The third-order valence-electron chi connectivity index (χ3n) is 1.22. The molecule has 0 aliphatic heterocycles. The SMILES string of the molecule is S[CH]C(I)CSc1ccncc1. The second kappa shape index (κ2) is 6.10. The zero-order valence-corrected chi connectivity index (χ0v) is 10.2. The quantitative estimate of drug-likeness (QED) is 0.397. The molecule has 0 aliphatic rings. The number of hydrogen-bond donors (Lipinski definition) is 1. The van der Waals surface area contributed by atoms with E-state index in [1.165, 1.54) is 4.90 Å². The number of hydrogen-bond acceptors (Lipinski definition) is 3. The lowest BCUT2D eigenvalue weighted by Crippen LogP contribution is -1.97. The molecule has 1 rings (SSSR count). The number of nitrogens with zero attached hydrogens (tertiary/aromatic N) is 1. The molecular formula is C8H9INS2. The summed E-state index contributed by atoms with van der Waals surface area (Å²) in [6, 6.07) is 4.04. The standard InChI is InChI=1S/C8H9INS2/c9-7(5-11)6-12-8-1-3-10-4-2-8/h1-5,7,11H,6H2. The lowest BCUT2D eigenvalue weighted by atomic mass is 10.5. The first-order valence-electron chi connectivity index (χ1n) is 3.47. The highest BCUT2D eigenvalue weighted by Crippen LogP contribution is 2.21. The fraction of sp³-hybridized carbons (Fsp3) is 0.250. The summed E-state index contributed by atoms with van der Waals surface area (Å²) >= 11 is 8.29. The first kappa shape index (κ1) is 10.7. The van der Waals surface area contributed by atoms with Crippen LogP contribution in [0.25, 0.3) is 0 Å².